The van der Waals surface area contributed by atoms with Gasteiger partial charge >= 0.3 is 19.5 Å². The van der Waals surface area contributed by atoms with Gasteiger partial charge in [-0.2, -0.15) is 0 Å². The van der Waals surface area contributed by atoms with Crippen LogP contribution in [0.4, 0.5) is 43.9 Å². The van der Waals surface area contributed by atoms with Crippen LogP contribution in [0.5, 0.6) is 0 Å². The average Bonchev–Trinajstić information content (AvgIpc) is 3.88. The van der Waals surface area contributed by atoms with Gasteiger partial charge in [-0.1, -0.05) is 31.7 Å². The van der Waals surface area contributed by atoms with Gasteiger partial charge in [0, 0.05) is 5.41 Å². The van der Waals surface area contributed by atoms with E-state index in [1.807, 2.05) is 0 Å². The Labute approximate surface area is 286 Å². The molecule has 0 saturated heterocycles. The van der Waals surface area contributed by atoms with Gasteiger partial charge in [0.2, 0.25) is 11.6 Å². The summed E-state index contributed by atoms with van der Waals surface area (Å²) < 4.78 is 147. The van der Waals surface area contributed by atoms with Crippen LogP contribution in [0.1, 0.15) is 25.0 Å². The van der Waals surface area contributed by atoms with Crippen LogP contribution in [0.25, 0.3) is 11.1 Å². The number of aliphatic imine (C=N–C) groups is 3. The minimum atomic E-state index is -2.46. The summed E-state index contributed by atoms with van der Waals surface area (Å²) in [5.41, 5.74) is -6.61. The van der Waals surface area contributed by atoms with Crippen LogP contribution in [0.15, 0.2) is 86.4 Å². The summed E-state index contributed by atoms with van der Waals surface area (Å²) in [6.45, 7) is 3.06. The van der Waals surface area contributed by atoms with Gasteiger partial charge in [-0.05, 0) is 47.6 Å². The third-order valence-electron chi connectivity index (χ3n) is 8.16. The third kappa shape index (κ3) is 5.07. The van der Waals surface area contributed by atoms with Crippen molar-refractivity contribution in [2.24, 2.45) is 20.4 Å². The van der Waals surface area contributed by atoms with Crippen LogP contribution in [-0.4, -0.2) is 17.1 Å². The maximum atomic E-state index is 15.3. The molecule has 2 aromatic carbocycles. The molecule has 7 rings (SSSR count). The molecule has 8 bridgehead atoms. The molecule has 0 fully saturated rings. The van der Waals surface area contributed by atoms with E-state index in [-0.39, 0.29) is 42.3 Å². The number of aromatic nitrogens is 1. The smallest absolute Gasteiger partial charge is 0.873 e. The van der Waals surface area contributed by atoms with Crippen LogP contribution < -0.4 is 20.8 Å². The first kappa shape index (κ1) is 34.7. The largest absolute Gasteiger partial charge is 2.00 e. The predicted octanol–water partition coefficient (Wildman–Crippen LogP) is 5.29. The van der Waals surface area contributed by atoms with Gasteiger partial charge in [-0.15, -0.1) is 10.7 Å². The van der Waals surface area contributed by atoms with Gasteiger partial charge in [0.15, 0.2) is 46.5 Å². The maximum Gasteiger partial charge on any atom is 2.00 e. The zero-order valence-electron chi connectivity index (χ0n) is 25.3. The number of halogens is 10. The van der Waals surface area contributed by atoms with Crippen molar-refractivity contribution in [1.29, 1.82) is 0 Å². The minimum Gasteiger partial charge on any atom is -0.873 e. The third-order valence-corrected chi connectivity index (χ3v) is 8.16. The Morgan fingerprint density at radius 1 is 0.540 bits per heavy atom. The van der Waals surface area contributed by atoms with E-state index in [9.17, 15) is 31.4 Å². The number of nitrogens with zero attached hydrogens (tertiary/aromatic N) is 4. The van der Waals surface area contributed by atoms with E-state index >= 15 is 17.6 Å². The normalized spacial score (nSPS) is 17.6. The molecule has 4 aliphatic heterocycles. The fourth-order valence-electron chi connectivity index (χ4n) is 5.61. The zero-order chi connectivity index (χ0) is 35.3. The van der Waals surface area contributed by atoms with Crippen molar-refractivity contribution in [1.82, 2.24) is 4.98 Å². The number of hydrogen-bond acceptors (Lipinski definition) is 4. The van der Waals surface area contributed by atoms with Crippen LogP contribution in [0.3, 0.4) is 0 Å². The van der Waals surface area contributed by atoms with Gasteiger partial charge in [0.05, 0.1) is 45.4 Å². The molecule has 0 saturated carbocycles. The van der Waals surface area contributed by atoms with Crippen LogP contribution in [0.2, 0.25) is 0 Å². The molecule has 1 aromatic heterocycles. The zero-order valence-corrected chi connectivity index (χ0v) is 28.3. The van der Waals surface area contributed by atoms with E-state index in [0.29, 0.717) is 0 Å². The van der Waals surface area contributed by atoms with Crippen molar-refractivity contribution in [3.63, 3.8) is 0 Å². The van der Waals surface area contributed by atoms with E-state index in [1.54, 1.807) is 0 Å². The maximum absolute atomic E-state index is 15.3. The molecule has 0 unspecified atom stereocenters. The molecule has 0 atom stereocenters. The van der Waals surface area contributed by atoms with Gasteiger partial charge in [0.25, 0.3) is 0 Å². The van der Waals surface area contributed by atoms with Crippen molar-refractivity contribution >= 4 is 28.3 Å². The second-order valence-electron chi connectivity index (χ2n) is 11.5. The Morgan fingerprint density at radius 3 is 1.34 bits per heavy atom. The molecule has 0 spiro atoms. The predicted molar refractivity (Wildman–Crippen MR) is 154 cm³/mol. The Morgan fingerprint density at radius 2 is 0.920 bits per heavy atom. The summed E-state index contributed by atoms with van der Waals surface area (Å²) in [5, 5.41) is 12.2. The Bertz CT molecular complexity index is 2420. The average molecular weight is 750 g/mol. The van der Waals surface area contributed by atoms with Crippen molar-refractivity contribution in [3.8, 4) is 0 Å². The molecule has 4 aliphatic rings. The second-order valence-corrected chi connectivity index (χ2v) is 11.5. The van der Waals surface area contributed by atoms with Gasteiger partial charge in [0.1, 0.15) is 0 Å². The topological polar surface area (TPSA) is 74.2 Å². The number of rotatable bonds is 2. The van der Waals surface area contributed by atoms with Crippen LogP contribution in [-0.2, 0) is 19.5 Å². The first-order valence-corrected chi connectivity index (χ1v) is 14.0. The van der Waals surface area contributed by atoms with Gasteiger partial charge in [-0.3, -0.25) is 4.99 Å². The molecule has 50 heavy (non-hydrogen) atoms. The molecule has 3 aromatic rings. The summed E-state index contributed by atoms with van der Waals surface area (Å²) in [4.78, 5) is 16.9. The second kappa shape index (κ2) is 12.0. The SMILES string of the molecule is CC1(C)C2=NC(=C1[O-])C=C1C=CC(=N1)C(c1c(F)c(F)c(F)c(F)c1F)=c1ccc([n-]1)=C(c1c(F)c(F)c(F)c(F)c1F)C1=NC(=C2)C=C1.[Zn+2]. The van der Waals surface area contributed by atoms with E-state index in [2.05, 4.69) is 20.0 Å². The van der Waals surface area contributed by atoms with Crippen molar-refractivity contribution in [2.75, 3.05) is 0 Å². The first-order valence-electron chi connectivity index (χ1n) is 14.0. The van der Waals surface area contributed by atoms with Gasteiger partial charge in [-0.25, -0.2) is 53.9 Å². The minimum absolute atomic E-state index is 0. The molecule has 5 nitrogen and oxygen atoms in total. The Hall–Kier alpha value is -5.11. The van der Waals surface area contributed by atoms with Crippen LogP contribution >= 0.6 is 0 Å². The summed E-state index contributed by atoms with van der Waals surface area (Å²) in [5.74, 6) is -23.8. The quantitative estimate of drug-likeness (QED) is 0.155. The number of fused-ring (bicyclic) bond motifs is 5. The number of benzene rings is 2. The van der Waals surface area contributed by atoms with Crippen molar-refractivity contribution in [3.05, 3.63) is 151 Å². The van der Waals surface area contributed by atoms with Crippen LogP contribution in [0, 0.1) is 63.6 Å². The van der Waals surface area contributed by atoms with Crippen molar-refractivity contribution < 1.29 is 68.5 Å². The molecular formula is C34H14F10N4OZn. The summed E-state index contributed by atoms with van der Waals surface area (Å²) >= 11 is 0. The Balaban J connectivity index is 0.00000432. The molecule has 16 heteroatoms. The summed E-state index contributed by atoms with van der Waals surface area (Å²) in [6, 6.07) is 1.92. The van der Waals surface area contributed by atoms with Gasteiger partial charge < -0.3 is 10.1 Å². The summed E-state index contributed by atoms with van der Waals surface area (Å²) in [7, 11) is 0. The number of allylic oxidation sites excluding steroid dienone is 7. The molecule has 0 amide bonds. The standard InChI is InChI=1S/C34H15F10N4O.Zn/c1-34(2)18-10-12-4-6-14(46-12)20(22-25(37)29(41)32(44)30(42)26(22)38)16-8-7-15(47-16)19(21-23(35)27(39)31(43)28(40)24(21)36)13-5-3-11(45-13)9-17(48-18)33(34)49;/h3-10H,1-2H3,(H-,45,46,47,48,49);/q-1;+2/p-1. The van der Waals surface area contributed by atoms with Crippen molar-refractivity contribution in [2.45, 2.75) is 13.8 Å². The molecule has 0 radical (unpaired) electrons. The monoisotopic (exact) mass is 748 g/mol. The van der Waals surface area contributed by atoms with E-state index < -0.39 is 114 Å². The van der Waals surface area contributed by atoms with E-state index in [0.717, 1.165) is 24.3 Å². The molecule has 0 aliphatic carbocycles. The molecular weight excluding hydrogens is 736 g/mol. The first-order chi connectivity index (χ1) is 23.1. The molecule has 5 heterocycles. The molecule has 0 N–H and O–H groups in total. The fourth-order valence-corrected chi connectivity index (χ4v) is 5.61. The van der Waals surface area contributed by atoms with E-state index in [4.69, 9.17) is 0 Å². The van der Waals surface area contributed by atoms with E-state index in [1.165, 1.54) is 38.2 Å². The fraction of sp³-hybridized carbons (Fsp3) is 0.0882. The molecule has 248 valence electrons. The summed E-state index contributed by atoms with van der Waals surface area (Å²) in [6.07, 6.45) is 7.42. The number of hydrogen-bond donors (Lipinski definition) is 0. The Kier molecular flexibility index (Phi) is 8.37.